The Morgan fingerprint density at radius 1 is 1.11 bits per heavy atom. The molecule has 1 aromatic carbocycles. The number of nitrogens with one attached hydrogen (secondary N) is 2. The Labute approximate surface area is 117 Å². The van der Waals surface area contributed by atoms with Crippen LogP contribution in [0.5, 0.6) is 0 Å². The molecule has 106 valence electrons. The van der Waals surface area contributed by atoms with Gasteiger partial charge < -0.3 is 10.6 Å². The van der Waals surface area contributed by atoms with Crippen molar-refractivity contribution in [2.24, 2.45) is 0 Å². The van der Waals surface area contributed by atoms with Gasteiger partial charge in [-0.3, -0.25) is 4.90 Å². The van der Waals surface area contributed by atoms with Crippen LogP contribution in [0.1, 0.15) is 28.3 Å². The van der Waals surface area contributed by atoms with Gasteiger partial charge in [0.1, 0.15) is 0 Å². The molecule has 0 radical (unpaired) electrons. The molecule has 0 amide bonds. The zero-order valence-electron chi connectivity index (χ0n) is 12.7. The summed E-state index contributed by atoms with van der Waals surface area (Å²) in [5, 5.41) is 6.90. The van der Waals surface area contributed by atoms with E-state index in [1.807, 2.05) is 0 Å². The monoisotopic (exact) mass is 261 g/mol. The van der Waals surface area contributed by atoms with Crippen molar-refractivity contribution in [2.45, 2.75) is 26.8 Å². The van der Waals surface area contributed by atoms with E-state index in [1.165, 1.54) is 22.3 Å². The van der Waals surface area contributed by atoms with Crippen molar-refractivity contribution in [3.63, 3.8) is 0 Å². The van der Waals surface area contributed by atoms with Crippen molar-refractivity contribution in [3.8, 4) is 0 Å². The van der Waals surface area contributed by atoms with Crippen LogP contribution < -0.4 is 10.6 Å². The van der Waals surface area contributed by atoms with Crippen molar-refractivity contribution >= 4 is 0 Å². The minimum absolute atomic E-state index is 0.428. The molecule has 0 aromatic heterocycles. The van der Waals surface area contributed by atoms with Gasteiger partial charge >= 0.3 is 0 Å². The molecule has 2 N–H and O–H groups in total. The predicted octanol–water partition coefficient (Wildman–Crippen LogP) is 1.78. The molecule has 19 heavy (non-hydrogen) atoms. The van der Waals surface area contributed by atoms with Crippen LogP contribution in [0.4, 0.5) is 0 Å². The maximum absolute atomic E-state index is 3.49. The van der Waals surface area contributed by atoms with Crippen molar-refractivity contribution in [1.29, 1.82) is 0 Å². The van der Waals surface area contributed by atoms with Gasteiger partial charge in [-0.25, -0.2) is 0 Å². The Bertz CT molecular complexity index is 422. The smallest absolute Gasteiger partial charge is 0.0449 e. The van der Waals surface area contributed by atoms with Gasteiger partial charge in [0, 0.05) is 38.8 Å². The fourth-order valence-electron chi connectivity index (χ4n) is 2.86. The molecule has 1 saturated heterocycles. The fraction of sp³-hybridized carbons (Fsp3) is 0.625. The summed E-state index contributed by atoms with van der Waals surface area (Å²) in [6.45, 7) is 12.3. The Morgan fingerprint density at radius 2 is 1.74 bits per heavy atom. The second-order valence-electron chi connectivity index (χ2n) is 5.68. The lowest BCUT2D eigenvalue weighted by atomic mass is 9.95. The molecule has 3 heteroatoms. The third kappa shape index (κ3) is 3.56. The molecule has 1 aliphatic rings. The van der Waals surface area contributed by atoms with E-state index in [-0.39, 0.29) is 0 Å². The standard InChI is InChI=1S/C16H27N3/c1-12-9-14(3)15(10-13(12)2)16(17-4)11-19-7-5-18-6-8-19/h9-10,16-18H,5-8,11H2,1-4H3. The number of benzene rings is 1. The van der Waals surface area contributed by atoms with E-state index in [0.717, 1.165) is 32.7 Å². The molecule has 3 nitrogen and oxygen atoms in total. The van der Waals surface area contributed by atoms with Gasteiger partial charge in [-0.15, -0.1) is 0 Å². The first kappa shape index (κ1) is 14.5. The quantitative estimate of drug-likeness (QED) is 0.865. The van der Waals surface area contributed by atoms with E-state index in [0.29, 0.717) is 6.04 Å². The third-order valence-electron chi connectivity index (χ3n) is 4.26. The third-order valence-corrected chi connectivity index (χ3v) is 4.26. The van der Waals surface area contributed by atoms with E-state index < -0.39 is 0 Å². The highest BCUT2D eigenvalue weighted by Gasteiger charge is 2.18. The highest BCUT2D eigenvalue weighted by Crippen LogP contribution is 2.22. The number of aryl methyl sites for hydroxylation is 3. The summed E-state index contributed by atoms with van der Waals surface area (Å²) < 4.78 is 0. The minimum Gasteiger partial charge on any atom is -0.314 e. The molecule has 1 atom stereocenters. The number of rotatable bonds is 4. The van der Waals surface area contributed by atoms with Gasteiger partial charge in [-0.1, -0.05) is 12.1 Å². The van der Waals surface area contributed by atoms with Gasteiger partial charge in [0.15, 0.2) is 0 Å². The molecule has 1 heterocycles. The molecule has 0 spiro atoms. The Hall–Kier alpha value is -0.900. The summed E-state index contributed by atoms with van der Waals surface area (Å²) in [4.78, 5) is 2.55. The molecular formula is C16H27N3. The highest BCUT2D eigenvalue weighted by atomic mass is 15.2. The van der Waals surface area contributed by atoms with E-state index in [1.54, 1.807) is 0 Å². The van der Waals surface area contributed by atoms with E-state index in [9.17, 15) is 0 Å². The fourth-order valence-corrected chi connectivity index (χ4v) is 2.86. The Morgan fingerprint density at radius 3 is 2.37 bits per heavy atom. The minimum atomic E-state index is 0.428. The zero-order valence-corrected chi connectivity index (χ0v) is 12.7. The summed E-state index contributed by atoms with van der Waals surface area (Å²) in [5.74, 6) is 0. The average Bonchev–Trinajstić information content (AvgIpc) is 2.42. The molecule has 1 fully saturated rings. The van der Waals surface area contributed by atoms with Crippen LogP contribution in [0.3, 0.4) is 0 Å². The van der Waals surface area contributed by atoms with Crippen molar-refractivity contribution in [3.05, 3.63) is 34.4 Å². The molecule has 1 aliphatic heterocycles. The number of likely N-dealkylation sites (N-methyl/N-ethyl adjacent to an activating group) is 1. The van der Waals surface area contributed by atoms with Gasteiger partial charge in [-0.05, 0) is 50.1 Å². The molecule has 0 saturated carbocycles. The molecule has 0 aliphatic carbocycles. The second-order valence-corrected chi connectivity index (χ2v) is 5.68. The van der Waals surface area contributed by atoms with Gasteiger partial charge in [0.05, 0.1) is 0 Å². The lowest BCUT2D eigenvalue weighted by Crippen LogP contribution is -2.46. The zero-order chi connectivity index (χ0) is 13.8. The highest BCUT2D eigenvalue weighted by molar-refractivity contribution is 5.38. The average molecular weight is 261 g/mol. The van der Waals surface area contributed by atoms with Crippen LogP contribution >= 0.6 is 0 Å². The maximum Gasteiger partial charge on any atom is 0.0449 e. The number of nitrogens with zero attached hydrogens (tertiary/aromatic N) is 1. The van der Waals surface area contributed by atoms with Crippen LogP contribution in [0.15, 0.2) is 12.1 Å². The van der Waals surface area contributed by atoms with Crippen molar-refractivity contribution in [2.75, 3.05) is 39.8 Å². The Kier molecular flexibility index (Phi) is 4.97. The SMILES string of the molecule is CNC(CN1CCNCC1)c1cc(C)c(C)cc1C. The summed E-state index contributed by atoms with van der Waals surface area (Å²) in [5.41, 5.74) is 5.63. The summed E-state index contributed by atoms with van der Waals surface area (Å²) >= 11 is 0. The second kappa shape index (κ2) is 6.51. The first-order valence-electron chi connectivity index (χ1n) is 7.30. The molecule has 2 rings (SSSR count). The molecular weight excluding hydrogens is 234 g/mol. The van der Waals surface area contributed by atoms with Crippen LogP contribution in [-0.4, -0.2) is 44.7 Å². The van der Waals surface area contributed by atoms with Crippen LogP contribution in [0.2, 0.25) is 0 Å². The van der Waals surface area contributed by atoms with E-state index >= 15 is 0 Å². The van der Waals surface area contributed by atoms with E-state index in [4.69, 9.17) is 0 Å². The normalized spacial score (nSPS) is 18.5. The lowest BCUT2D eigenvalue weighted by molar-refractivity contribution is 0.219. The van der Waals surface area contributed by atoms with Crippen LogP contribution in [0.25, 0.3) is 0 Å². The Balaban J connectivity index is 2.14. The number of piperazine rings is 1. The van der Waals surface area contributed by atoms with Crippen LogP contribution in [0, 0.1) is 20.8 Å². The molecule has 0 bridgehead atoms. The summed E-state index contributed by atoms with van der Waals surface area (Å²) in [6.07, 6.45) is 0. The largest absolute Gasteiger partial charge is 0.314 e. The summed E-state index contributed by atoms with van der Waals surface area (Å²) in [6, 6.07) is 5.10. The number of hydrogen-bond donors (Lipinski definition) is 2. The molecule has 1 aromatic rings. The lowest BCUT2D eigenvalue weighted by Gasteiger charge is -2.31. The molecule has 1 unspecified atom stereocenters. The topological polar surface area (TPSA) is 27.3 Å². The predicted molar refractivity (Wildman–Crippen MR) is 81.8 cm³/mol. The van der Waals surface area contributed by atoms with Gasteiger partial charge in [-0.2, -0.15) is 0 Å². The van der Waals surface area contributed by atoms with Gasteiger partial charge in [0.2, 0.25) is 0 Å². The maximum atomic E-state index is 3.49. The van der Waals surface area contributed by atoms with Crippen molar-refractivity contribution in [1.82, 2.24) is 15.5 Å². The van der Waals surface area contributed by atoms with E-state index in [2.05, 4.69) is 55.5 Å². The summed E-state index contributed by atoms with van der Waals surface area (Å²) in [7, 11) is 2.07. The first-order valence-corrected chi connectivity index (χ1v) is 7.30. The first-order chi connectivity index (χ1) is 9.11. The van der Waals surface area contributed by atoms with Gasteiger partial charge in [0.25, 0.3) is 0 Å². The number of hydrogen-bond acceptors (Lipinski definition) is 3. The van der Waals surface area contributed by atoms with Crippen LogP contribution in [-0.2, 0) is 0 Å². The van der Waals surface area contributed by atoms with Crippen molar-refractivity contribution < 1.29 is 0 Å².